The fourth-order valence-electron chi connectivity index (χ4n) is 2.51. The van der Waals surface area contributed by atoms with Crippen LogP contribution in [0.3, 0.4) is 0 Å². The number of thiocarbonyl (C=S) groups is 1. The molecule has 0 heterocycles. The third kappa shape index (κ3) is 8.60. The van der Waals surface area contributed by atoms with E-state index in [9.17, 15) is 14.4 Å². The molecule has 0 aromatic heterocycles. The lowest BCUT2D eigenvalue weighted by atomic mass is 10.1. The Hall–Kier alpha value is -3.66. The van der Waals surface area contributed by atoms with Crippen molar-refractivity contribution in [3.8, 4) is 11.5 Å². The number of anilines is 1. The van der Waals surface area contributed by atoms with Crippen molar-refractivity contribution < 1.29 is 23.9 Å². The molecule has 2 aromatic rings. The van der Waals surface area contributed by atoms with Gasteiger partial charge in [0, 0.05) is 18.5 Å². The Labute approximate surface area is 191 Å². The van der Waals surface area contributed by atoms with Gasteiger partial charge in [0.2, 0.25) is 11.8 Å². The number of rotatable bonds is 8. The van der Waals surface area contributed by atoms with Gasteiger partial charge < -0.3 is 14.8 Å². The Morgan fingerprint density at radius 3 is 2.22 bits per heavy atom. The van der Waals surface area contributed by atoms with Crippen LogP contribution in [0.25, 0.3) is 0 Å². The lowest BCUT2D eigenvalue weighted by molar-refractivity contribution is -0.125. The van der Waals surface area contributed by atoms with Crippen molar-refractivity contribution in [3.63, 3.8) is 0 Å². The predicted octanol–water partition coefficient (Wildman–Crippen LogP) is 2.13. The quantitative estimate of drug-likeness (QED) is 0.354. The molecule has 0 bridgehead atoms. The van der Waals surface area contributed by atoms with Crippen molar-refractivity contribution >= 4 is 40.7 Å². The minimum atomic E-state index is -0.500. The molecule has 3 amide bonds. The number of amides is 3. The van der Waals surface area contributed by atoms with E-state index < -0.39 is 11.8 Å². The van der Waals surface area contributed by atoms with E-state index in [0.717, 1.165) is 11.1 Å². The second-order valence-electron chi connectivity index (χ2n) is 6.88. The van der Waals surface area contributed by atoms with Crippen LogP contribution in [-0.2, 0) is 14.4 Å². The van der Waals surface area contributed by atoms with Crippen LogP contribution in [0.4, 0.5) is 5.69 Å². The standard InChI is InChI=1S/C22H26N4O5S/c1-14-4-5-15(2)18(12-14)23-19(27)10-11-20(28)25-26-22(32)24-21(29)13-31-17-8-6-16(30-3)7-9-17/h4-9,12H,10-11,13H2,1-3H3,(H,23,27)(H,25,28)(H2,24,26,29,32). The Morgan fingerprint density at radius 1 is 0.875 bits per heavy atom. The highest BCUT2D eigenvalue weighted by Gasteiger charge is 2.10. The largest absolute Gasteiger partial charge is 0.497 e. The van der Waals surface area contributed by atoms with Gasteiger partial charge in [0.25, 0.3) is 5.91 Å². The summed E-state index contributed by atoms with van der Waals surface area (Å²) in [6.45, 7) is 3.56. The monoisotopic (exact) mass is 458 g/mol. The van der Waals surface area contributed by atoms with Gasteiger partial charge in [0.1, 0.15) is 11.5 Å². The first kappa shape index (κ1) is 24.6. The second-order valence-corrected chi connectivity index (χ2v) is 7.29. The highest BCUT2D eigenvalue weighted by molar-refractivity contribution is 7.80. The van der Waals surface area contributed by atoms with Crippen molar-refractivity contribution in [2.45, 2.75) is 26.7 Å². The van der Waals surface area contributed by atoms with Gasteiger partial charge >= 0.3 is 0 Å². The fourth-order valence-corrected chi connectivity index (χ4v) is 2.68. The zero-order chi connectivity index (χ0) is 23.5. The van der Waals surface area contributed by atoms with Crippen LogP contribution in [0.5, 0.6) is 11.5 Å². The first-order valence-corrected chi connectivity index (χ1v) is 10.2. The predicted molar refractivity (Wildman–Crippen MR) is 124 cm³/mol. The van der Waals surface area contributed by atoms with Gasteiger partial charge in [-0.2, -0.15) is 0 Å². The van der Waals surface area contributed by atoms with Gasteiger partial charge in [-0.05, 0) is 67.5 Å². The van der Waals surface area contributed by atoms with Gasteiger partial charge in [-0.15, -0.1) is 0 Å². The number of hydrazine groups is 1. The Kier molecular flexibility index (Phi) is 9.43. The molecule has 0 aliphatic carbocycles. The van der Waals surface area contributed by atoms with Gasteiger partial charge in [-0.1, -0.05) is 12.1 Å². The molecule has 9 nitrogen and oxygen atoms in total. The van der Waals surface area contributed by atoms with Crippen LogP contribution in [-0.4, -0.2) is 36.6 Å². The number of carbonyl (C=O) groups excluding carboxylic acids is 3. The molecule has 0 saturated carbocycles. The van der Waals surface area contributed by atoms with Crippen molar-refractivity contribution in [1.29, 1.82) is 0 Å². The first-order chi connectivity index (χ1) is 15.3. The molecule has 0 saturated heterocycles. The number of benzene rings is 2. The summed E-state index contributed by atoms with van der Waals surface area (Å²) in [4.78, 5) is 35.9. The maximum Gasteiger partial charge on any atom is 0.264 e. The molecule has 4 N–H and O–H groups in total. The third-order valence-electron chi connectivity index (χ3n) is 4.24. The van der Waals surface area contributed by atoms with Crippen molar-refractivity contribution in [3.05, 3.63) is 53.6 Å². The Morgan fingerprint density at radius 2 is 1.53 bits per heavy atom. The summed E-state index contributed by atoms with van der Waals surface area (Å²) in [7, 11) is 1.55. The molecule has 0 spiro atoms. The maximum atomic E-state index is 12.1. The fraction of sp³-hybridized carbons (Fsp3) is 0.273. The minimum Gasteiger partial charge on any atom is -0.497 e. The molecule has 10 heteroatoms. The number of hydrogen-bond donors (Lipinski definition) is 4. The van der Waals surface area contributed by atoms with E-state index in [4.69, 9.17) is 21.7 Å². The molecular weight excluding hydrogens is 432 g/mol. The lowest BCUT2D eigenvalue weighted by Crippen LogP contribution is -2.49. The molecule has 0 unspecified atom stereocenters. The third-order valence-corrected chi connectivity index (χ3v) is 4.45. The minimum absolute atomic E-state index is 0.00425. The smallest absolute Gasteiger partial charge is 0.264 e. The average Bonchev–Trinajstić information content (AvgIpc) is 2.77. The normalized spacial score (nSPS) is 9.97. The van der Waals surface area contributed by atoms with Gasteiger partial charge in [0.15, 0.2) is 11.7 Å². The van der Waals surface area contributed by atoms with Crippen molar-refractivity contribution in [2.24, 2.45) is 0 Å². The first-order valence-electron chi connectivity index (χ1n) is 9.79. The number of hydrogen-bond acceptors (Lipinski definition) is 6. The summed E-state index contributed by atoms with van der Waals surface area (Å²) in [5.74, 6) is -0.0639. The summed E-state index contributed by atoms with van der Waals surface area (Å²) in [6.07, 6.45) is -0.0590. The number of ether oxygens (including phenoxy) is 2. The summed E-state index contributed by atoms with van der Waals surface area (Å²) >= 11 is 4.95. The number of aryl methyl sites for hydroxylation is 2. The van der Waals surface area contributed by atoms with Gasteiger partial charge in [-0.3, -0.25) is 30.6 Å². The molecule has 2 rings (SSSR count). The van der Waals surface area contributed by atoms with E-state index in [0.29, 0.717) is 17.2 Å². The average molecular weight is 459 g/mol. The maximum absolute atomic E-state index is 12.1. The molecule has 0 fully saturated rings. The van der Waals surface area contributed by atoms with Crippen molar-refractivity contribution in [2.75, 3.05) is 19.0 Å². The Balaban J connectivity index is 1.64. The van der Waals surface area contributed by atoms with Crippen LogP contribution < -0.4 is 31.0 Å². The van der Waals surface area contributed by atoms with Gasteiger partial charge in [0.05, 0.1) is 7.11 Å². The van der Waals surface area contributed by atoms with E-state index in [1.807, 2.05) is 32.0 Å². The number of nitrogens with one attached hydrogen (secondary N) is 4. The number of methoxy groups -OCH3 is 1. The molecule has 0 aliphatic rings. The molecule has 2 aromatic carbocycles. The summed E-state index contributed by atoms with van der Waals surface area (Å²) in [5.41, 5.74) is 7.43. The van der Waals surface area contributed by atoms with Crippen LogP contribution in [0.1, 0.15) is 24.0 Å². The molecule has 170 valence electrons. The van der Waals surface area contributed by atoms with Crippen LogP contribution in [0.15, 0.2) is 42.5 Å². The summed E-state index contributed by atoms with van der Waals surface area (Å²) in [6, 6.07) is 12.5. The van der Waals surface area contributed by atoms with E-state index in [1.54, 1.807) is 31.4 Å². The SMILES string of the molecule is COc1ccc(OCC(=O)NC(=S)NNC(=O)CCC(=O)Nc2cc(C)ccc2C)cc1. The van der Waals surface area contributed by atoms with Crippen LogP contribution >= 0.6 is 12.2 Å². The summed E-state index contributed by atoms with van der Waals surface area (Å²) in [5, 5.41) is 5.07. The second kappa shape index (κ2) is 12.3. The van der Waals surface area contributed by atoms with E-state index in [1.165, 1.54) is 0 Å². The van der Waals surface area contributed by atoms with Crippen LogP contribution in [0, 0.1) is 13.8 Å². The highest BCUT2D eigenvalue weighted by atomic mass is 32.1. The molecule has 32 heavy (non-hydrogen) atoms. The van der Waals surface area contributed by atoms with Crippen molar-refractivity contribution in [1.82, 2.24) is 16.2 Å². The molecule has 0 atom stereocenters. The zero-order valence-electron chi connectivity index (χ0n) is 18.1. The van der Waals surface area contributed by atoms with Gasteiger partial charge in [-0.25, -0.2) is 0 Å². The lowest BCUT2D eigenvalue weighted by Gasteiger charge is -2.12. The zero-order valence-corrected chi connectivity index (χ0v) is 18.9. The molecular formula is C22H26N4O5S. The highest BCUT2D eigenvalue weighted by Crippen LogP contribution is 2.17. The van der Waals surface area contributed by atoms with E-state index in [2.05, 4.69) is 21.5 Å². The Bertz CT molecular complexity index is 979. The molecule has 0 aliphatic heterocycles. The molecule has 0 radical (unpaired) electrons. The van der Waals surface area contributed by atoms with E-state index in [-0.39, 0.29) is 30.5 Å². The van der Waals surface area contributed by atoms with Crippen LogP contribution in [0.2, 0.25) is 0 Å². The topological polar surface area (TPSA) is 118 Å². The number of carbonyl (C=O) groups is 3. The van der Waals surface area contributed by atoms with E-state index >= 15 is 0 Å². The summed E-state index contributed by atoms with van der Waals surface area (Å²) < 4.78 is 10.4.